The van der Waals surface area contributed by atoms with Gasteiger partial charge in [-0.05, 0) is 66.2 Å². The number of benzene rings is 2. The highest BCUT2D eigenvalue weighted by Gasteiger charge is 2.57. The lowest BCUT2D eigenvalue weighted by Crippen LogP contribution is -2.62. The SMILES string of the molecule is C[C@@H]1[C@@H](NC(=O)[C@@H]2[C@H]([C@H](C)O)[C@H](CO)ON2Cc2cccc(C#CCNC(=O)NCc3ccccc3)c2)C[C@H]2C[C@H]1C2(C)C. The molecular formula is C35H46N4O5. The van der Waals surface area contributed by atoms with E-state index in [1.807, 2.05) is 54.6 Å². The van der Waals surface area contributed by atoms with Gasteiger partial charge in [-0.25, -0.2) is 4.79 Å². The normalized spacial score (nSPS) is 29.5. The van der Waals surface area contributed by atoms with Gasteiger partial charge < -0.3 is 26.2 Å². The second kappa shape index (κ2) is 13.7. The summed E-state index contributed by atoms with van der Waals surface area (Å²) in [5.74, 6) is 6.87. The van der Waals surface area contributed by atoms with Gasteiger partial charge in [0, 0.05) is 24.1 Å². The number of amides is 3. The number of nitrogens with zero attached hydrogens (tertiary/aromatic N) is 1. The highest BCUT2D eigenvalue weighted by molar-refractivity contribution is 5.83. The summed E-state index contributed by atoms with van der Waals surface area (Å²) in [6.07, 6.45) is 0.637. The summed E-state index contributed by atoms with van der Waals surface area (Å²) in [6.45, 7) is 9.16. The lowest BCUT2D eigenvalue weighted by atomic mass is 9.45. The van der Waals surface area contributed by atoms with E-state index in [-0.39, 0.29) is 37.7 Å². The average molecular weight is 603 g/mol. The molecule has 5 N–H and O–H groups in total. The van der Waals surface area contributed by atoms with Crippen LogP contribution in [0.1, 0.15) is 57.2 Å². The zero-order chi connectivity index (χ0) is 31.4. The van der Waals surface area contributed by atoms with Gasteiger partial charge in [-0.3, -0.25) is 9.63 Å². The highest BCUT2D eigenvalue weighted by Crippen LogP contribution is 2.61. The Kier molecular flexibility index (Phi) is 9.96. The van der Waals surface area contributed by atoms with Crippen molar-refractivity contribution >= 4 is 11.9 Å². The Hall–Kier alpha value is -3.42. The number of nitrogens with one attached hydrogen (secondary N) is 3. The molecule has 1 heterocycles. The Morgan fingerprint density at radius 3 is 2.52 bits per heavy atom. The Morgan fingerprint density at radius 2 is 1.84 bits per heavy atom. The number of aliphatic hydroxyl groups is 2. The van der Waals surface area contributed by atoms with Crippen molar-refractivity contribution < 1.29 is 24.6 Å². The number of carbonyl (C=O) groups excluding carboxylic acids is 2. The first-order chi connectivity index (χ1) is 21.1. The van der Waals surface area contributed by atoms with Crippen molar-refractivity contribution in [2.45, 2.75) is 77.9 Å². The molecule has 1 saturated heterocycles. The number of hydrogen-bond donors (Lipinski definition) is 5. The van der Waals surface area contributed by atoms with Crippen LogP contribution < -0.4 is 16.0 Å². The van der Waals surface area contributed by atoms with E-state index >= 15 is 0 Å². The fourth-order valence-electron chi connectivity index (χ4n) is 7.52. The quantitative estimate of drug-likeness (QED) is 0.281. The summed E-state index contributed by atoms with van der Waals surface area (Å²) < 4.78 is 0. The second-order valence-corrected chi connectivity index (χ2v) is 13.3. The van der Waals surface area contributed by atoms with Gasteiger partial charge in [0.1, 0.15) is 12.1 Å². The maximum atomic E-state index is 13.9. The molecule has 2 aromatic rings. The standard InChI is InChI=1S/C35H46N4O5/c1-22-28-17-27(35(28,3)4)18-29(22)38-33(42)32-31(23(2)41)30(21-40)44-39(32)20-26-13-8-12-24(16-26)14-9-15-36-34(43)37-19-25-10-6-5-7-11-25/h5-8,10-13,16,22-23,27-32,40-41H,15,17-21H2,1-4H3,(H,38,42)(H2,36,37,43)/t22-,23-,27+,28+,29-,30-,31+,32-/m0/s1. The second-order valence-electron chi connectivity index (χ2n) is 13.3. The van der Waals surface area contributed by atoms with Crippen LogP contribution in [0.2, 0.25) is 0 Å². The smallest absolute Gasteiger partial charge is 0.315 e. The van der Waals surface area contributed by atoms with Gasteiger partial charge in [0.25, 0.3) is 0 Å². The predicted octanol–water partition coefficient (Wildman–Crippen LogP) is 3.20. The molecule has 1 aliphatic heterocycles. The first kappa shape index (κ1) is 32.0. The van der Waals surface area contributed by atoms with Crippen LogP contribution in [0.3, 0.4) is 0 Å². The Morgan fingerprint density at radius 1 is 1.09 bits per heavy atom. The molecular weight excluding hydrogens is 556 g/mol. The van der Waals surface area contributed by atoms with Crippen molar-refractivity contribution in [2.24, 2.45) is 29.1 Å². The van der Waals surface area contributed by atoms with Gasteiger partial charge >= 0.3 is 6.03 Å². The van der Waals surface area contributed by atoms with Gasteiger partial charge in [0.15, 0.2) is 0 Å². The molecule has 0 spiro atoms. The molecule has 0 unspecified atom stereocenters. The molecule has 9 heteroatoms. The van der Waals surface area contributed by atoms with Gasteiger partial charge in [-0.1, -0.05) is 75.1 Å². The van der Waals surface area contributed by atoms with E-state index in [9.17, 15) is 19.8 Å². The molecule has 236 valence electrons. The topological polar surface area (TPSA) is 123 Å². The van der Waals surface area contributed by atoms with Gasteiger partial charge in [-0.2, -0.15) is 5.06 Å². The van der Waals surface area contributed by atoms with Crippen LogP contribution in [0.4, 0.5) is 4.79 Å². The summed E-state index contributed by atoms with van der Waals surface area (Å²) in [5, 5.41) is 31.2. The van der Waals surface area contributed by atoms with E-state index in [2.05, 4.69) is 48.6 Å². The fourth-order valence-corrected chi connectivity index (χ4v) is 7.52. The minimum Gasteiger partial charge on any atom is -0.394 e. The van der Waals surface area contributed by atoms with E-state index in [0.717, 1.165) is 23.1 Å². The third-order valence-electron chi connectivity index (χ3n) is 10.2. The van der Waals surface area contributed by atoms with Crippen LogP contribution in [-0.2, 0) is 22.7 Å². The van der Waals surface area contributed by atoms with Crippen LogP contribution >= 0.6 is 0 Å². The number of urea groups is 1. The minimum absolute atomic E-state index is 0.0802. The summed E-state index contributed by atoms with van der Waals surface area (Å²) in [7, 11) is 0. The molecule has 2 bridgehead atoms. The highest BCUT2D eigenvalue weighted by atomic mass is 16.7. The molecule has 4 fully saturated rings. The lowest BCUT2D eigenvalue weighted by molar-refractivity contribution is -0.183. The monoisotopic (exact) mass is 602 g/mol. The molecule has 0 aromatic heterocycles. The minimum atomic E-state index is -0.849. The van der Waals surface area contributed by atoms with Crippen molar-refractivity contribution in [1.29, 1.82) is 0 Å². The number of hydrogen-bond acceptors (Lipinski definition) is 6. The van der Waals surface area contributed by atoms with E-state index in [4.69, 9.17) is 4.84 Å². The van der Waals surface area contributed by atoms with Crippen LogP contribution in [0.25, 0.3) is 0 Å². The van der Waals surface area contributed by atoms with Crippen LogP contribution in [0.5, 0.6) is 0 Å². The third-order valence-corrected chi connectivity index (χ3v) is 10.2. The molecule has 8 atom stereocenters. The van der Waals surface area contributed by atoms with Crippen LogP contribution in [0, 0.1) is 40.9 Å². The van der Waals surface area contributed by atoms with Crippen LogP contribution in [-0.4, -0.2) is 64.7 Å². The zero-order valence-electron chi connectivity index (χ0n) is 26.1. The molecule has 44 heavy (non-hydrogen) atoms. The van der Waals surface area contributed by atoms with Crippen molar-refractivity contribution in [3.05, 3.63) is 71.3 Å². The average Bonchev–Trinajstić information content (AvgIpc) is 3.38. The summed E-state index contributed by atoms with van der Waals surface area (Å²) in [6, 6.07) is 16.3. The van der Waals surface area contributed by atoms with E-state index in [1.165, 1.54) is 6.42 Å². The molecule has 0 radical (unpaired) electrons. The first-order valence-corrected chi connectivity index (χ1v) is 15.7. The summed E-state index contributed by atoms with van der Waals surface area (Å²) >= 11 is 0. The maximum Gasteiger partial charge on any atom is 0.315 e. The molecule has 3 aliphatic carbocycles. The predicted molar refractivity (Wildman–Crippen MR) is 168 cm³/mol. The Labute approximate surface area is 260 Å². The molecule has 6 rings (SSSR count). The van der Waals surface area contributed by atoms with Crippen LogP contribution in [0.15, 0.2) is 54.6 Å². The zero-order valence-corrected chi connectivity index (χ0v) is 26.1. The van der Waals surface area contributed by atoms with Crippen molar-refractivity contribution in [2.75, 3.05) is 13.2 Å². The van der Waals surface area contributed by atoms with E-state index in [0.29, 0.717) is 29.7 Å². The summed E-state index contributed by atoms with van der Waals surface area (Å²) in [5.41, 5.74) is 2.96. The largest absolute Gasteiger partial charge is 0.394 e. The van der Waals surface area contributed by atoms with Crippen molar-refractivity contribution in [1.82, 2.24) is 21.0 Å². The number of hydroxylamine groups is 2. The first-order valence-electron chi connectivity index (χ1n) is 15.7. The Bertz CT molecular complexity index is 1370. The van der Waals surface area contributed by atoms with Crippen molar-refractivity contribution in [3.63, 3.8) is 0 Å². The molecule has 2 aromatic carbocycles. The summed E-state index contributed by atoms with van der Waals surface area (Å²) in [4.78, 5) is 32.0. The molecule has 3 amide bonds. The Balaban J connectivity index is 1.21. The lowest BCUT2D eigenvalue weighted by Gasteiger charge is -2.62. The fraction of sp³-hybridized carbons (Fsp3) is 0.543. The van der Waals surface area contributed by atoms with E-state index in [1.54, 1.807) is 12.0 Å². The number of carbonyl (C=O) groups is 2. The van der Waals surface area contributed by atoms with Gasteiger partial charge in [0.05, 0.1) is 25.8 Å². The number of rotatable bonds is 9. The van der Waals surface area contributed by atoms with Gasteiger partial charge in [-0.15, -0.1) is 0 Å². The van der Waals surface area contributed by atoms with Gasteiger partial charge in [0.2, 0.25) is 5.91 Å². The molecule has 4 aliphatic rings. The number of fused-ring (bicyclic) bond motifs is 2. The van der Waals surface area contributed by atoms with E-state index < -0.39 is 24.2 Å². The molecule has 9 nitrogen and oxygen atoms in total. The van der Waals surface area contributed by atoms with Crippen molar-refractivity contribution in [3.8, 4) is 11.8 Å². The number of aliphatic hydroxyl groups excluding tert-OH is 2. The molecule has 3 saturated carbocycles. The maximum absolute atomic E-state index is 13.9. The third kappa shape index (κ3) is 6.94.